The molecule has 0 radical (unpaired) electrons. The van der Waals surface area contributed by atoms with Crippen molar-refractivity contribution >= 4 is 0 Å². The molecule has 1 aromatic heterocycles. The lowest BCUT2D eigenvalue weighted by molar-refractivity contribution is 0.405. The van der Waals surface area contributed by atoms with Crippen LogP contribution in [0.15, 0.2) is 36.9 Å². The molecule has 5 heteroatoms. The lowest BCUT2D eigenvalue weighted by Gasteiger charge is -2.13. The van der Waals surface area contributed by atoms with Crippen LogP contribution >= 0.6 is 0 Å². The summed E-state index contributed by atoms with van der Waals surface area (Å²) in [5.41, 5.74) is 0.869. The molecule has 0 bridgehead atoms. The van der Waals surface area contributed by atoms with Crippen molar-refractivity contribution in [2.75, 3.05) is 7.11 Å². The monoisotopic (exact) mass is 228 g/mol. The lowest BCUT2D eigenvalue weighted by atomic mass is 10.00. The topological polar surface area (TPSA) is 63.7 Å². The van der Waals surface area contributed by atoms with Crippen molar-refractivity contribution in [3.05, 3.63) is 42.5 Å². The molecule has 0 fully saturated rings. The van der Waals surface area contributed by atoms with E-state index in [4.69, 9.17) is 4.74 Å². The van der Waals surface area contributed by atoms with Gasteiger partial charge in [0, 0.05) is 5.56 Å². The molecule has 1 aromatic carbocycles. The number of hydrogen-bond donors (Lipinski definition) is 0. The van der Waals surface area contributed by atoms with E-state index in [0.29, 0.717) is 6.54 Å². The number of benzene rings is 1. The number of nitrogens with zero attached hydrogens (tertiary/aromatic N) is 4. The standard InChI is InChI=1S/C12H12N4O/c1-17-12-5-3-2-4-11(12)10(6-13)7-16-9-14-8-15-16/h2-5,8-10H,7H2,1H3. The zero-order valence-corrected chi connectivity index (χ0v) is 9.45. The third kappa shape index (κ3) is 2.42. The molecule has 1 heterocycles. The first-order valence-corrected chi connectivity index (χ1v) is 5.20. The van der Waals surface area contributed by atoms with Gasteiger partial charge >= 0.3 is 0 Å². The van der Waals surface area contributed by atoms with Gasteiger partial charge in [0.25, 0.3) is 0 Å². The second-order valence-electron chi connectivity index (χ2n) is 3.54. The Morgan fingerprint density at radius 2 is 2.29 bits per heavy atom. The zero-order valence-electron chi connectivity index (χ0n) is 9.45. The number of ether oxygens (including phenoxy) is 1. The molecule has 1 atom stereocenters. The molecule has 0 saturated heterocycles. The number of para-hydroxylation sites is 1. The zero-order chi connectivity index (χ0) is 12.1. The normalized spacial score (nSPS) is 11.8. The van der Waals surface area contributed by atoms with Crippen LogP contribution in [-0.4, -0.2) is 21.9 Å². The molecule has 17 heavy (non-hydrogen) atoms. The molecule has 0 aliphatic rings. The summed E-state index contributed by atoms with van der Waals surface area (Å²) in [7, 11) is 1.60. The summed E-state index contributed by atoms with van der Waals surface area (Å²) >= 11 is 0. The van der Waals surface area contributed by atoms with E-state index in [9.17, 15) is 5.26 Å². The highest BCUT2D eigenvalue weighted by Crippen LogP contribution is 2.26. The molecule has 2 aromatic rings. The van der Waals surface area contributed by atoms with E-state index in [1.807, 2.05) is 24.3 Å². The highest BCUT2D eigenvalue weighted by Gasteiger charge is 2.16. The van der Waals surface area contributed by atoms with E-state index in [1.54, 1.807) is 18.1 Å². The minimum Gasteiger partial charge on any atom is -0.496 e. The summed E-state index contributed by atoms with van der Waals surface area (Å²) < 4.78 is 6.89. The van der Waals surface area contributed by atoms with Gasteiger partial charge in [-0.05, 0) is 6.07 Å². The fourth-order valence-corrected chi connectivity index (χ4v) is 1.68. The molecule has 0 amide bonds. The van der Waals surface area contributed by atoms with Gasteiger partial charge in [0.2, 0.25) is 0 Å². The number of methoxy groups -OCH3 is 1. The molecule has 0 saturated carbocycles. The van der Waals surface area contributed by atoms with Crippen molar-refractivity contribution in [2.45, 2.75) is 12.5 Å². The van der Waals surface area contributed by atoms with Gasteiger partial charge in [0.15, 0.2) is 0 Å². The smallest absolute Gasteiger partial charge is 0.137 e. The highest BCUT2D eigenvalue weighted by molar-refractivity contribution is 5.38. The largest absolute Gasteiger partial charge is 0.496 e. The predicted octanol–water partition coefficient (Wildman–Crippen LogP) is 1.59. The van der Waals surface area contributed by atoms with Crippen molar-refractivity contribution in [1.82, 2.24) is 14.8 Å². The molecule has 0 N–H and O–H groups in total. The van der Waals surface area contributed by atoms with Crippen molar-refractivity contribution in [3.63, 3.8) is 0 Å². The first-order valence-electron chi connectivity index (χ1n) is 5.20. The Morgan fingerprint density at radius 1 is 1.47 bits per heavy atom. The molecule has 0 spiro atoms. The third-order valence-corrected chi connectivity index (χ3v) is 2.51. The first-order chi connectivity index (χ1) is 8.35. The van der Waals surface area contributed by atoms with Crippen LogP contribution in [0.4, 0.5) is 0 Å². The minimum atomic E-state index is -0.298. The fraction of sp³-hybridized carbons (Fsp3) is 0.250. The number of rotatable bonds is 4. The summed E-state index contributed by atoms with van der Waals surface area (Å²) in [5, 5.41) is 13.2. The lowest BCUT2D eigenvalue weighted by Crippen LogP contribution is -2.09. The Morgan fingerprint density at radius 3 is 2.94 bits per heavy atom. The summed E-state index contributed by atoms with van der Waals surface area (Å²) in [6, 6.07) is 9.78. The molecule has 0 aliphatic heterocycles. The van der Waals surface area contributed by atoms with Gasteiger partial charge in [-0.2, -0.15) is 10.4 Å². The van der Waals surface area contributed by atoms with Crippen LogP contribution in [0.3, 0.4) is 0 Å². The summed E-state index contributed by atoms with van der Waals surface area (Å²) in [5.74, 6) is 0.423. The van der Waals surface area contributed by atoms with E-state index in [-0.39, 0.29) is 5.92 Å². The molecular weight excluding hydrogens is 216 g/mol. The maximum absolute atomic E-state index is 9.23. The van der Waals surface area contributed by atoms with E-state index >= 15 is 0 Å². The van der Waals surface area contributed by atoms with Crippen LogP contribution in [0.1, 0.15) is 11.5 Å². The summed E-state index contributed by atoms with van der Waals surface area (Å²) in [4.78, 5) is 3.86. The van der Waals surface area contributed by atoms with Crippen LogP contribution in [0.2, 0.25) is 0 Å². The summed E-state index contributed by atoms with van der Waals surface area (Å²) in [6.07, 6.45) is 3.05. The number of aromatic nitrogens is 3. The van der Waals surface area contributed by atoms with Gasteiger partial charge in [-0.3, -0.25) is 4.68 Å². The Balaban J connectivity index is 2.26. The maximum atomic E-state index is 9.23. The van der Waals surface area contributed by atoms with Crippen molar-refractivity contribution in [1.29, 1.82) is 5.26 Å². The van der Waals surface area contributed by atoms with Crippen LogP contribution in [0.5, 0.6) is 5.75 Å². The molecule has 1 unspecified atom stereocenters. The average Bonchev–Trinajstić information content (AvgIpc) is 2.89. The fourth-order valence-electron chi connectivity index (χ4n) is 1.68. The third-order valence-electron chi connectivity index (χ3n) is 2.51. The Bertz CT molecular complexity index is 516. The SMILES string of the molecule is COc1ccccc1C(C#N)Cn1cncn1. The first kappa shape index (κ1) is 11.1. The molecule has 2 rings (SSSR count). The molecular formula is C12H12N4O. The Kier molecular flexibility index (Phi) is 3.36. The second kappa shape index (κ2) is 5.12. The van der Waals surface area contributed by atoms with Crippen LogP contribution in [-0.2, 0) is 6.54 Å². The van der Waals surface area contributed by atoms with Crippen LogP contribution < -0.4 is 4.74 Å². The summed E-state index contributed by atoms with van der Waals surface area (Å²) in [6.45, 7) is 0.469. The molecule has 0 aliphatic carbocycles. The van der Waals surface area contributed by atoms with Crippen molar-refractivity contribution < 1.29 is 4.74 Å². The number of hydrogen-bond acceptors (Lipinski definition) is 4. The predicted molar refractivity (Wildman–Crippen MR) is 61.4 cm³/mol. The van der Waals surface area contributed by atoms with E-state index < -0.39 is 0 Å². The van der Waals surface area contributed by atoms with Gasteiger partial charge in [-0.15, -0.1) is 0 Å². The van der Waals surface area contributed by atoms with E-state index in [1.165, 1.54) is 6.33 Å². The van der Waals surface area contributed by atoms with Gasteiger partial charge in [-0.25, -0.2) is 4.98 Å². The van der Waals surface area contributed by atoms with Crippen LogP contribution in [0, 0.1) is 11.3 Å². The Hall–Kier alpha value is -2.35. The van der Waals surface area contributed by atoms with E-state index in [2.05, 4.69) is 16.2 Å². The van der Waals surface area contributed by atoms with Crippen LogP contribution in [0.25, 0.3) is 0 Å². The van der Waals surface area contributed by atoms with E-state index in [0.717, 1.165) is 11.3 Å². The maximum Gasteiger partial charge on any atom is 0.137 e. The van der Waals surface area contributed by atoms with Gasteiger partial charge in [0.1, 0.15) is 18.4 Å². The molecule has 5 nitrogen and oxygen atoms in total. The molecule has 86 valence electrons. The van der Waals surface area contributed by atoms with Gasteiger partial charge in [0.05, 0.1) is 25.6 Å². The average molecular weight is 228 g/mol. The minimum absolute atomic E-state index is 0.298. The second-order valence-corrected chi connectivity index (χ2v) is 3.54. The van der Waals surface area contributed by atoms with Gasteiger partial charge in [-0.1, -0.05) is 18.2 Å². The highest BCUT2D eigenvalue weighted by atomic mass is 16.5. The van der Waals surface area contributed by atoms with Crippen molar-refractivity contribution in [3.8, 4) is 11.8 Å². The van der Waals surface area contributed by atoms with Crippen molar-refractivity contribution in [2.24, 2.45) is 0 Å². The quantitative estimate of drug-likeness (QED) is 0.797. The Labute approximate surface area is 99.3 Å². The van der Waals surface area contributed by atoms with Gasteiger partial charge < -0.3 is 4.74 Å². The number of nitriles is 1.